The maximum Gasteiger partial charge on any atom is 0.137 e. The van der Waals surface area contributed by atoms with Crippen LogP contribution in [0.2, 0.25) is 0 Å². The zero-order valence-electron chi connectivity index (χ0n) is 24.1. The van der Waals surface area contributed by atoms with Crippen molar-refractivity contribution in [3.63, 3.8) is 0 Å². The van der Waals surface area contributed by atoms with Gasteiger partial charge in [-0.3, -0.25) is 4.99 Å². The number of allylic oxidation sites excluding steroid dienone is 1. The molecule has 3 aliphatic rings. The summed E-state index contributed by atoms with van der Waals surface area (Å²) in [5, 5.41) is 5.96. The zero-order chi connectivity index (χ0) is 27.0. The smallest absolute Gasteiger partial charge is 0.137 e. The fourth-order valence-corrected chi connectivity index (χ4v) is 6.66. The van der Waals surface area contributed by atoms with Crippen LogP contribution in [0.25, 0.3) is 11.1 Å². The lowest BCUT2D eigenvalue weighted by molar-refractivity contribution is 0.426. The summed E-state index contributed by atoms with van der Waals surface area (Å²) in [4.78, 5) is 5.06. The van der Waals surface area contributed by atoms with Crippen molar-refractivity contribution in [3.8, 4) is 11.5 Å². The van der Waals surface area contributed by atoms with Gasteiger partial charge in [0.2, 0.25) is 0 Å². The molecule has 0 aliphatic carbocycles. The highest BCUT2D eigenvalue weighted by Gasteiger charge is 2.33. The van der Waals surface area contributed by atoms with Gasteiger partial charge in [-0.1, -0.05) is 51.1 Å². The van der Waals surface area contributed by atoms with Gasteiger partial charge in [0.15, 0.2) is 0 Å². The standard InChI is InChI=1S/C35H40N2O/c1-9-22-19-35(7,8)37-30-17-32-28(15-26(22)30)33(24-12-10-11-23(13-24)20(2)3)27-14-25-21(4)18-34(5,6)36-29(25)16-31(27)38-32/h10-18,20,22,37H,9,19H2,1-8H3. The predicted molar refractivity (Wildman–Crippen MR) is 159 cm³/mol. The SMILES string of the molecule is CCC1CC(C)(C)Nc2cc3c(cc21)C(c1cccc(C(C)C)c1)=c1cc2c(cc1O3)=NC(C)(C)C=C2C. The van der Waals surface area contributed by atoms with E-state index in [2.05, 4.69) is 115 Å². The maximum atomic E-state index is 6.74. The molecule has 3 aromatic carbocycles. The van der Waals surface area contributed by atoms with Gasteiger partial charge >= 0.3 is 0 Å². The Labute approximate surface area is 227 Å². The molecule has 3 aromatic rings. The van der Waals surface area contributed by atoms with Crippen molar-refractivity contribution in [3.05, 3.63) is 93.0 Å². The molecule has 3 heterocycles. The van der Waals surface area contributed by atoms with Crippen molar-refractivity contribution in [2.45, 2.75) is 91.1 Å². The van der Waals surface area contributed by atoms with Crippen LogP contribution in [0, 0.1) is 0 Å². The van der Waals surface area contributed by atoms with Gasteiger partial charge in [-0.15, -0.1) is 0 Å². The van der Waals surface area contributed by atoms with Crippen molar-refractivity contribution < 1.29 is 4.74 Å². The minimum Gasteiger partial charge on any atom is -0.456 e. The number of nitrogens with zero attached hydrogens (tertiary/aromatic N) is 1. The molecule has 0 fully saturated rings. The Hall–Kier alpha value is -3.33. The van der Waals surface area contributed by atoms with E-state index in [1.54, 1.807) is 0 Å². The molecular formula is C35H40N2O. The third-order valence-electron chi connectivity index (χ3n) is 8.42. The van der Waals surface area contributed by atoms with Crippen molar-refractivity contribution in [2.24, 2.45) is 4.99 Å². The van der Waals surface area contributed by atoms with E-state index in [-0.39, 0.29) is 11.1 Å². The van der Waals surface area contributed by atoms with Crippen molar-refractivity contribution in [1.82, 2.24) is 0 Å². The summed E-state index contributed by atoms with van der Waals surface area (Å²) in [6.45, 7) is 18.0. The first-order chi connectivity index (χ1) is 17.9. The van der Waals surface area contributed by atoms with Crippen LogP contribution < -0.4 is 20.6 Å². The average Bonchev–Trinajstić information content (AvgIpc) is 2.83. The lowest BCUT2D eigenvalue weighted by Crippen LogP contribution is -2.37. The molecule has 38 heavy (non-hydrogen) atoms. The van der Waals surface area contributed by atoms with Crippen molar-refractivity contribution in [1.29, 1.82) is 0 Å². The first kappa shape index (κ1) is 25.0. The Morgan fingerprint density at radius 2 is 1.79 bits per heavy atom. The quantitative estimate of drug-likeness (QED) is 0.306. The highest BCUT2D eigenvalue weighted by atomic mass is 16.5. The number of benzene rings is 3. The number of anilines is 1. The molecule has 0 spiro atoms. The first-order valence-corrected chi connectivity index (χ1v) is 14.2. The van der Waals surface area contributed by atoms with Crippen LogP contribution in [0.3, 0.4) is 0 Å². The summed E-state index contributed by atoms with van der Waals surface area (Å²) in [6, 6.07) is 18.2. The fourth-order valence-electron chi connectivity index (χ4n) is 6.66. The van der Waals surface area contributed by atoms with Crippen LogP contribution in [0.5, 0.6) is 11.5 Å². The highest BCUT2D eigenvalue weighted by molar-refractivity contribution is 5.88. The number of rotatable bonds is 3. The molecule has 0 saturated heterocycles. The van der Waals surface area contributed by atoms with Gasteiger partial charge < -0.3 is 10.1 Å². The van der Waals surface area contributed by atoms with E-state index in [4.69, 9.17) is 9.73 Å². The lowest BCUT2D eigenvalue weighted by atomic mass is 9.78. The Morgan fingerprint density at radius 1 is 1.00 bits per heavy atom. The van der Waals surface area contributed by atoms with E-state index in [1.165, 1.54) is 44.7 Å². The number of ether oxygens (including phenoxy) is 1. The summed E-state index contributed by atoms with van der Waals surface area (Å²) in [7, 11) is 0. The Balaban J connectivity index is 1.68. The lowest BCUT2D eigenvalue weighted by Gasteiger charge is -2.39. The third kappa shape index (κ3) is 4.17. The molecule has 3 heteroatoms. The second-order valence-corrected chi connectivity index (χ2v) is 13.0. The largest absolute Gasteiger partial charge is 0.456 e. The van der Waals surface area contributed by atoms with E-state index >= 15 is 0 Å². The average molecular weight is 505 g/mol. The van der Waals surface area contributed by atoms with E-state index in [1.807, 2.05) is 0 Å². The van der Waals surface area contributed by atoms with Gasteiger partial charge in [-0.05, 0) is 93.7 Å². The number of fused-ring (bicyclic) bond motifs is 4. The van der Waals surface area contributed by atoms with Crippen LogP contribution in [0.1, 0.15) is 108 Å². The molecule has 0 radical (unpaired) electrons. The zero-order valence-corrected chi connectivity index (χ0v) is 24.1. The maximum absolute atomic E-state index is 6.74. The van der Waals surface area contributed by atoms with Crippen LogP contribution >= 0.6 is 0 Å². The summed E-state index contributed by atoms with van der Waals surface area (Å²) >= 11 is 0. The fraction of sp³-hybridized carbons (Fsp3) is 0.400. The van der Waals surface area contributed by atoms with Gasteiger partial charge in [-0.2, -0.15) is 0 Å². The first-order valence-electron chi connectivity index (χ1n) is 14.2. The molecule has 0 amide bonds. The van der Waals surface area contributed by atoms with Gasteiger partial charge in [0.1, 0.15) is 11.5 Å². The second-order valence-electron chi connectivity index (χ2n) is 13.0. The molecule has 3 nitrogen and oxygen atoms in total. The minimum atomic E-state index is -0.222. The van der Waals surface area contributed by atoms with E-state index in [9.17, 15) is 0 Å². The summed E-state index contributed by atoms with van der Waals surface area (Å²) in [6.07, 6.45) is 4.52. The second kappa shape index (κ2) is 8.59. The normalized spacial score (nSPS) is 20.2. The van der Waals surface area contributed by atoms with E-state index in [0.29, 0.717) is 11.8 Å². The molecule has 0 aromatic heterocycles. The van der Waals surface area contributed by atoms with Crippen molar-refractivity contribution >= 4 is 16.8 Å². The van der Waals surface area contributed by atoms with Crippen molar-refractivity contribution in [2.75, 3.05) is 5.32 Å². The monoisotopic (exact) mass is 504 g/mol. The molecule has 0 bridgehead atoms. The van der Waals surface area contributed by atoms with E-state index in [0.717, 1.165) is 34.9 Å². The highest BCUT2D eigenvalue weighted by Crippen LogP contribution is 2.47. The van der Waals surface area contributed by atoms with E-state index < -0.39 is 0 Å². The van der Waals surface area contributed by atoms with Crippen LogP contribution in [-0.4, -0.2) is 11.1 Å². The molecule has 0 saturated carbocycles. The summed E-state index contributed by atoms with van der Waals surface area (Å²) in [5.41, 5.74) is 9.94. The molecule has 1 unspecified atom stereocenters. The Bertz CT molecular complexity index is 1620. The third-order valence-corrected chi connectivity index (χ3v) is 8.42. The number of nitrogens with one attached hydrogen (secondary N) is 1. The van der Waals surface area contributed by atoms with Gasteiger partial charge in [-0.25, -0.2) is 0 Å². The van der Waals surface area contributed by atoms with Gasteiger partial charge in [0, 0.05) is 45.3 Å². The predicted octanol–water partition coefficient (Wildman–Crippen LogP) is 8.07. The van der Waals surface area contributed by atoms with Gasteiger partial charge in [0.05, 0.1) is 10.9 Å². The molecule has 1 atom stereocenters. The van der Waals surface area contributed by atoms with Gasteiger partial charge in [0.25, 0.3) is 0 Å². The summed E-state index contributed by atoms with van der Waals surface area (Å²) in [5.74, 6) is 2.79. The molecule has 6 rings (SSSR count). The Morgan fingerprint density at radius 3 is 2.53 bits per heavy atom. The molecule has 3 aliphatic heterocycles. The Kier molecular flexibility index (Phi) is 5.65. The molecular weight excluding hydrogens is 464 g/mol. The topological polar surface area (TPSA) is 33.6 Å². The van der Waals surface area contributed by atoms with Crippen LogP contribution in [-0.2, 0) is 0 Å². The molecule has 196 valence electrons. The number of hydrogen-bond acceptors (Lipinski definition) is 3. The minimum absolute atomic E-state index is 0.0556. The van der Waals surface area contributed by atoms with Crippen LogP contribution in [0.4, 0.5) is 5.69 Å². The summed E-state index contributed by atoms with van der Waals surface area (Å²) < 4.78 is 6.74. The molecule has 1 N–H and O–H groups in total. The van der Waals surface area contributed by atoms with Crippen LogP contribution in [0.15, 0.2) is 59.6 Å². The number of hydrogen-bond donors (Lipinski definition) is 1.